The van der Waals surface area contributed by atoms with E-state index >= 15 is 0 Å². The third kappa shape index (κ3) is 4.63. The average Bonchev–Trinajstić information content (AvgIpc) is 2.56. The Labute approximate surface area is 147 Å². The SMILES string of the molecule is CC1=CC([Si](C)(C)Cl)=C[C]1([Cr+2])Cc1ccccn1.[Cl-].[Cl-]. The zero-order chi connectivity index (χ0) is 13.4. The number of hydrogen-bond acceptors (Lipinski definition) is 1. The van der Waals surface area contributed by atoms with Crippen molar-refractivity contribution < 1.29 is 41.1 Å². The third-order valence-electron chi connectivity index (χ3n) is 3.28. The topological polar surface area (TPSA) is 12.9 Å². The molecule has 2 rings (SSSR count). The number of nitrogens with zero attached hydrogens (tertiary/aromatic N) is 1. The maximum atomic E-state index is 6.53. The second kappa shape index (κ2) is 7.49. The van der Waals surface area contributed by atoms with Crippen molar-refractivity contribution in [2.75, 3.05) is 0 Å². The second-order valence-corrected chi connectivity index (χ2v) is 12.8. The fourth-order valence-corrected chi connectivity index (χ4v) is 4.24. The molecule has 0 spiro atoms. The smallest absolute Gasteiger partial charge is 1.00 e. The molecule has 1 aliphatic rings. The predicted octanol–water partition coefficient (Wildman–Crippen LogP) is -1.79. The molecule has 0 amide bonds. The van der Waals surface area contributed by atoms with Gasteiger partial charge in [-0.25, -0.2) is 0 Å². The monoisotopic (exact) mass is 384 g/mol. The molecule has 1 heterocycles. The van der Waals surface area contributed by atoms with Crippen LogP contribution >= 0.6 is 11.1 Å². The maximum absolute atomic E-state index is 6.53. The van der Waals surface area contributed by atoms with Crippen LogP contribution in [0.15, 0.2) is 47.3 Å². The Morgan fingerprint density at radius 3 is 2.40 bits per heavy atom. The molecular weight excluding hydrogens is 369 g/mol. The summed E-state index contributed by atoms with van der Waals surface area (Å²) in [4.78, 5) is 4.41. The molecule has 0 fully saturated rings. The van der Waals surface area contributed by atoms with E-state index in [1.54, 1.807) is 0 Å². The van der Waals surface area contributed by atoms with Crippen LogP contribution in [0, 0.1) is 0 Å². The van der Waals surface area contributed by atoms with Gasteiger partial charge in [-0.1, -0.05) is 0 Å². The summed E-state index contributed by atoms with van der Waals surface area (Å²) in [5.41, 5.74) is 2.44. The molecule has 0 N–H and O–H groups in total. The summed E-state index contributed by atoms with van der Waals surface area (Å²) in [6.07, 6.45) is 7.29. The van der Waals surface area contributed by atoms with E-state index in [1.165, 1.54) is 10.8 Å². The number of pyridine rings is 1. The molecule has 109 valence electrons. The van der Waals surface area contributed by atoms with E-state index in [4.69, 9.17) is 11.1 Å². The van der Waals surface area contributed by atoms with E-state index < -0.39 is 7.38 Å². The van der Waals surface area contributed by atoms with Crippen molar-refractivity contribution in [2.45, 2.75) is 30.7 Å². The zero-order valence-electron chi connectivity index (χ0n) is 11.7. The second-order valence-electron chi connectivity index (χ2n) is 5.29. The molecule has 1 aromatic heterocycles. The molecular formula is C14H17Cl3CrNSi. The van der Waals surface area contributed by atoms with E-state index in [-0.39, 0.29) is 29.1 Å². The standard InChI is InChI=1S/C14H17ClNSi.2ClH.Cr/c1-11-8-14(17(2,3)15)10-12(11)9-13-6-4-5-7-16-13;;;/h4-8,10H,9H2,1-3H3;2*1H;/q;;;+2/p-2. The molecule has 6 heteroatoms. The van der Waals surface area contributed by atoms with Crippen LogP contribution in [-0.4, -0.2) is 12.4 Å². The number of allylic oxidation sites excluding steroid dienone is 4. The number of hydrogen-bond donors (Lipinski definition) is 0. The molecule has 0 aliphatic heterocycles. The van der Waals surface area contributed by atoms with Crippen molar-refractivity contribution in [2.24, 2.45) is 0 Å². The molecule has 0 radical (unpaired) electrons. The van der Waals surface area contributed by atoms with Crippen LogP contribution in [0.4, 0.5) is 0 Å². The minimum atomic E-state index is -1.76. The van der Waals surface area contributed by atoms with Crippen LogP contribution in [0.3, 0.4) is 0 Å². The summed E-state index contributed by atoms with van der Waals surface area (Å²) in [5.74, 6) is 0. The Morgan fingerprint density at radius 1 is 1.30 bits per heavy atom. The molecule has 1 unspecified atom stereocenters. The number of aromatic nitrogens is 1. The first-order chi connectivity index (χ1) is 8.31. The molecule has 0 bridgehead atoms. The Bertz CT molecular complexity index is 511. The van der Waals surface area contributed by atoms with Crippen molar-refractivity contribution >= 4 is 18.5 Å². The third-order valence-corrected chi connectivity index (χ3v) is 6.51. The van der Waals surface area contributed by atoms with Crippen LogP contribution < -0.4 is 24.8 Å². The van der Waals surface area contributed by atoms with Gasteiger partial charge in [-0.3, -0.25) is 0 Å². The van der Waals surface area contributed by atoms with E-state index in [9.17, 15) is 0 Å². The fourth-order valence-electron chi connectivity index (χ4n) is 2.07. The Hall–Kier alpha value is 0.249. The first kappa shape index (κ1) is 20.2. The van der Waals surface area contributed by atoms with Crippen LogP contribution in [0.5, 0.6) is 0 Å². The first-order valence-electron chi connectivity index (χ1n) is 6.03. The summed E-state index contributed by atoms with van der Waals surface area (Å²) in [7, 11) is -1.76. The van der Waals surface area contributed by atoms with Crippen molar-refractivity contribution in [1.82, 2.24) is 4.98 Å². The zero-order valence-corrected chi connectivity index (χ0v) is 16.2. The molecule has 1 aromatic rings. The van der Waals surface area contributed by atoms with Gasteiger partial charge in [-0.15, -0.1) is 0 Å². The van der Waals surface area contributed by atoms with Crippen molar-refractivity contribution in [3.63, 3.8) is 0 Å². The Morgan fingerprint density at radius 2 is 1.95 bits per heavy atom. The molecule has 1 aliphatic carbocycles. The van der Waals surface area contributed by atoms with Gasteiger partial charge in [0.1, 0.15) is 0 Å². The molecule has 0 saturated heterocycles. The molecule has 0 aromatic carbocycles. The Balaban J connectivity index is 0.00000180. The maximum Gasteiger partial charge on any atom is -1.00 e. The Kier molecular flexibility index (Phi) is 7.59. The fraction of sp³-hybridized carbons (Fsp3) is 0.357. The summed E-state index contributed by atoms with van der Waals surface area (Å²) >= 11 is 9.86. The predicted molar refractivity (Wildman–Crippen MR) is 75.8 cm³/mol. The van der Waals surface area contributed by atoms with Gasteiger partial charge in [0, 0.05) is 0 Å². The van der Waals surface area contributed by atoms with Crippen molar-refractivity contribution in [3.8, 4) is 0 Å². The molecule has 20 heavy (non-hydrogen) atoms. The van der Waals surface area contributed by atoms with Crippen molar-refractivity contribution in [3.05, 3.63) is 53.0 Å². The molecule has 1 nitrogen and oxygen atoms in total. The van der Waals surface area contributed by atoms with Gasteiger partial charge >= 0.3 is 123 Å². The summed E-state index contributed by atoms with van der Waals surface area (Å²) in [6, 6.07) is 6.05. The summed E-state index contributed by atoms with van der Waals surface area (Å²) < 4.78 is -0.0527. The number of rotatable bonds is 3. The number of halogens is 3. The van der Waals surface area contributed by atoms with Gasteiger partial charge in [-0.2, -0.15) is 0 Å². The van der Waals surface area contributed by atoms with E-state index in [0.29, 0.717) is 0 Å². The van der Waals surface area contributed by atoms with Gasteiger partial charge in [0.25, 0.3) is 0 Å². The van der Waals surface area contributed by atoms with Gasteiger partial charge in [0.15, 0.2) is 0 Å². The van der Waals surface area contributed by atoms with Crippen molar-refractivity contribution in [1.29, 1.82) is 0 Å². The largest absolute Gasteiger partial charge is 1.00 e. The minimum absolute atomic E-state index is 0. The van der Waals surface area contributed by atoms with Gasteiger partial charge in [-0.05, 0) is 0 Å². The van der Waals surface area contributed by atoms with Crippen LogP contribution in [0.1, 0.15) is 12.6 Å². The summed E-state index contributed by atoms with van der Waals surface area (Å²) in [5, 5.41) is 1.32. The van der Waals surface area contributed by atoms with Crippen LogP contribution in [0.2, 0.25) is 17.4 Å². The van der Waals surface area contributed by atoms with Gasteiger partial charge in [0.2, 0.25) is 0 Å². The minimum Gasteiger partial charge on any atom is -1.00 e. The van der Waals surface area contributed by atoms with Gasteiger partial charge < -0.3 is 24.8 Å². The first-order valence-corrected chi connectivity index (χ1v) is 10.7. The van der Waals surface area contributed by atoms with E-state index in [2.05, 4.69) is 59.5 Å². The van der Waals surface area contributed by atoms with Crippen LogP contribution in [0.25, 0.3) is 0 Å². The quantitative estimate of drug-likeness (QED) is 0.442. The van der Waals surface area contributed by atoms with Gasteiger partial charge in [0.05, 0.1) is 0 Å². The average molecular weight is 386 g/mol. The summed E-state index contributed by atoms with van der Waals surface area (Å²) in [6.45, 7) is 6.49. The molecule has 0 saturated carbocycles. The van der Waals surface area contributed by atoms with Crippen LogP contribution in [-0.2, 0) is 22.7 Å². The normalized spacial score (nSPS) is 21.4. The van der Waals surface area contributed by atoms with E-state index in [0.717, 1.165) is 12.1 Å². The molecule has 1 atom stereocenters. The van der Waals surface area contributed by atoms with E-state index in [1.807, 2.05) is 18.3 Å².